The third-order valence-electron chi connectivity index (χ3n) is 3.76. The molecule has 0 bridgehead atoms. The van der Waals surface area contributed by atoms with Crippen molar-refractivity contribution in [3.63, 3.8) is 0 Å². The number of rotatable bonds is 8. The molecule has 0 spiro atoms. The molecular weight excluding hydrogens is 389 g/mol. The van der Waals surface area contributed by atoms with Crippen molar-refractivity contribution < 1.29 is 19.1 Å². The summed E-state index contributed by atoms with van der Waals surface area (Å²) in [5.74, 6) is -0.143. The van der Waals surface area contributed by atoms with Gasteiger partial charge in [0, 0.05) is 22.2 Å². The molecule has 0 aliphatic heterocycles. The zero-order valence-electron chi connectivity index (χ0n) is 15.2. The summed E-state index contributed by atoms with van der Waals surface area (Å²) in [6.45, 7) is 3.77. The van der Waals surface area contributed by atoms with Crippen molar-refractivity contribution in [1.29, 1.82) is 0 Å². The number of amides is 1. The second kappa shape index (κ2) is 10.2. The van der Waals surface area contributed by atoms with E-state index in [0.29, 0.717) is 28.8 Å². The van der Waals surface area contributed by atoms with Gasteiger partial charge in [0.25, 0.3) is 5.91 Å². The molecule has 0 aromatic heterocycles. The van der Waals surface area contributed by atoms with Crippen molar-refractivity contribution in [2.24, 2.45) is 0 Å². The van der Waals surface area contributed by atoms with Crippen LogP contribution in [0.2, 0.25) is 10.0 Å². The van der Waals surface area contributed by atoms with Crippen molar-refractivity contribution >= 4 is 40.8 Å². The van der Waals surface area contributed by atoms with Crippen molar-refractivity contribution in [3.8, 4) is 5.75 Å². The summed E-state index contributed by atoms with van der Waals surface area (Å²) in [5, 5.41) is 3.84. The number of aryl methyl sites for hydroxylation is 2. The lowest BCUT2D eigenvalue weighted by atomic mass is 10.2. The van der Waals surface area contributed by atoms with Gasteiger partial charge in [-0.05, 0) is 61.7 Å². The molecule has 0 atom stereocenters. The van der Waals surface area contributed by atoms with Gasteiger partial charge in [0.05, 0.1) is 6.61 Å². The molecule has 2 rings (SSSR count). The van der Waals surface area contributed by atoms with Crippen molar-refractivity contribution in [1.82, 2.24) is 0 Å². The highest BCUT2D eigenvalue weighted by molar-refractivity contribution is 6.31. The average molecular weight is 410 g/mol. The molecule has 0 saturated heterocycles. The van der Waals surface area contributed by atoms with E-state index in [9.17, 15) is 9.59 Å². The molecule has 7 heteroatoms. The zero-order valence-corrected chi connectivity index (χ0v) is 16.7. The molecule has 2 aromatic carbocycles. The minimum absolute atomic E-state index is 0.163. The second-order valence-electron chi connectivity index (χ2n) is 6.03. The van der Waals surface area contributed by atoms with Crippen LogP contribution in [0.5, 0.6) is 5.75 Å². The number of carbonyl (C=O) groups is 2. The molecule has 0 aliphatic carbocycles. The summed E-state index contributed by atoms with van der Waals surface area (Å²) in [5.41, 5.74) is 2.39. The SMILES string of the molecule is Cc1ccc(Cl)cc1NC(=O)COC(=O)CCCOc1ccc(Cl)cc1C. The number of anilines is 1. The Balaban J connectivity index is 1.67. The van der Waals surface area contributed by atoms with Crippen LogP contribution in [0.3, 0.4) is 0 Å². The smallest absolute Gasteiger partial charge is 0.306 e. The molecule has 0 aliphatic rings. The first-order valence-electron chi connectivity index (χ1n) is 8.45. The number of ether oxygens (including phenoxy) is 2. The minimum Gasteiger partial charge on any atom is -0.493 e. The molecule has 2 aromatic rings. The summed E-state index contributed by atoms with van der Waals surface area (Å²) in [4.78, 5) is 23.6. The second-order valence-corrected chi connectivity index (χ2v) is 6.90. The molecular formula is C20H21Cl2NO4. The lowest BCUT2D eigenvalue weighted by Crippen LogP contribution is -2.21. The molecule has 0 unspecified atom stereocenters. The Morgan fingerprint density at radius 1 is 1.00 bits per heavy atom. The highest BCUT2D eigenvalue weighted by Gasteiger charge is 2.10. The fourth-order valence-corrected chi connectivity index (χ4v) is 2.71. The predicted octanol–water partition coefficient (Wildman–Crippen LogP) is 4.95. The molecule has 1 N–H and O–H groups in total. The third-order valence-corrected chi connectivity index (χ3v) is 4.23. The molecule has 144 valence electrons. The van der Waals surface area contributed by atoms with Crippen LogP contribution in [0.1, 0.15) is 24.0 Å². The van der Waals surface area contributed by atoms with Crippen molar-refractivity contribution in [2.75, 3.05) is 18.5 Å². The van der Waals surface area contributed by atoms with Crippen molar-refractivity contribution in [2.45, 2.75) is 26.7 Å². The van der Waals surface area contributed by atoms with Gasteiger partial charge in [-0.1, -0.05) is 29.3 Å². The molecule has 27 heavy (non-hydrogen) atoms. The number of esters is 1. The van der Waals surface area contributed by atoms with E-state index in [0.717, 1.165) is 16.9 Å². The van der Waals surface area contributed by atoms with Crippen LogP contribution < -0.4 is 10.1 Å². The van der Waals surface area contributed by atoms with Crippen LogP contribution in [0, 0.1) is 13.8 Å². The van der Waals surface area contributed by atoms with Crippen LogP contribution in [0.15, 0.2) is 36.4 Å². The van der Waals surface area contributed by atoms with E-state index >= 15 is 0 Å². The van der Waals surface area contributed by atoms with Gasteiger partial charge < -0.3 is 14.8 Å². The fourth-order valence-electron chi connectivity index (χ4n) is 2.31. The number of nitrogens with one attached hydrogen (secondary N) is 1. The lowest BCUT2D eigenvalue weighted by Gasteiger charge is -2.10. The Morgan fingerprint density at radius 2 is 1.70 bits per heavy atom. The van der Waals surface area contributed by atoms with Crippen LogP contribution in [0.25, 0.3) is 0 Å². The summed E-state index contributed by atoms with van der Waals surface area (Å²) in [6, 6.07) is 10.5. The monoisotopic (exact) mass is 409 g/mol. The van der Waals surface area contributed by atoms with Gasteiger partial charge in [-0.2, -0.15) is 0 Å². The topological polar surface area (TPSA) is 64.6 Å². The summed E-state index contributed by atoms with van der Waals surface area (Å²) >= 11 is 11.8. The Hall–Kier alpha value is -2.24. The number of benzene rings is 2. The van der Waals surface area contributed by atoms with Gasteiger partial charge in [0.1, 0.15) is 5.75 Å². The van der Waals surface area contributed by atoms with E-state index in [2.05, 4.69) is 5.32 Å². The Kier molecular flexibility index (Phi) is 7.95. The van der Waals surface area contributed by atoms with Gasteiger partial charge in [-0.15, -0.1) is 0 Å². The molecule has 5 nitrogen and oxygen atoms in total. The van der Waals surface area contributed by atoms with Crippen LogP contribution >= 0.6 is 23.2 Å². The first-order chi connectivity index (χ1) is 12.8. The van der Waals surface area contributed by atoms with Crippen LogP contribution in [-0.4, -0.2) is 25.1 Å². The van der Waals surface area contributed by atoms with Crippen LogP contribution in [0.4, 0.5) is 5.69 Å². The minimum atomic E-state index is -0.454. The largest absolute Gasteiger partial charge is 0.493 e. The summed E-state index contributed by atoms with van der Waals surface area (Å²) in [6.07, 6.45) is 0.645. The summed E-state index contributed by atoms with van der Waals surface area (Å²) < 4.78 is 10.6. The van der Waals surface area contributed by atoms with Crippen LogP contribution in [-0.2, 0) is 14.3 Å². The molecule has 0 fully saturated rings. The van der Waals surface area contributed by atoms with E-state index in [1.807, 2.05) is 19.9 Å². The van der Waals surface area contributed by atoms with Gasteiger partial charge >= 0.3 is 5.97 Å². The maximum Gasteiger partial charge on any atom is 0.306 e. The fraction of sp³-hybridized carbons (Fsp3) is 0.300. The summed E-state index contributed by atoms with van der Waals surface area (Å²) in [7, 11) is 0. The number of hydrogen-bond donors (Lipinski definition) is 1. The van der Waals surface area contributed by atoms with Gasteiger partial charge in [-0.25, -0.2) is 0 Å². The Labute approximate surface area is 168 Å². The normalized spacial score (nSPS) is 10.4. The molecule has 0 saturated carbocycles. The van der Waals surface area contributed by atoms with Gasteiger partial charge in [-0.3, -0.25) is 9.59 Å². The Morgan fingerprint density at radius 3 is 2.44 bits per heavy atom. The highest BCUT2D eigenvalue weighted by atomic mass is 35.5. The molecule has 1 amide bonds. The first-order valence-corrected chi connectivity index (χ1v) is 9.21. The highest BCUT2D eigenvalue weighted by Crippen LogP contribution is 2.22. The maximum absolute atomic E-state index is 11.9. The van der Waals surface area contributed by atoms with E-state index in [4.69, 9.17) is 32.7 Å². The standard InChI is InChI=1S/C20H21Cl2NO4/c1-13-5-6-16(22)11-17(13)23-19(24)12-27-20(25)4-3-9-26-18-8-7-15(21)10-14(18)2/h5-8,10-11H,3-4,9,12H2,1-2H3,(H,23,24). The number of halogens is 2. The lowest BCUT2D eigenvalue weighted by molar-refractivity contribution is -0.147. The first kappa shape index (κ1) is 21.1. The number of carbonyl (C=O) groups excluding carboxylic acids is 2. The predicted molar refractivity (Wildman–Crippen MR) is 107 cm³/mol. The zero-order chi connectivity index (χ0) is 19.8. The average Bonchev–Trinajstić information content (AvgIpc) is 2.61. The third kappa shape index (κ3) is 7.12. The molecule has 0 radical (unpaired) electrons. The van der Waals surface area contributed by atoms with E-state index in [1.165, 1.54) is 0 Å². The molecule has 0 heterocycles. The van der Waals surface area contributed by atoms with E-state index < -0.39 is 11.9 Å². The van der Waals surface area contributed by atoms with E-state index in [1.54, 1.807) is 30.3 Å². The maximum atomic E-state index is 11.9. The Bertz CT molecular complexity index is 824. The van der Waals surface area contributed by atoms with Crippen molar-refractivity contribution in [3.05, 3.63) is 57.6 Å². The number of hydrogen-bond acceptors (Lipinski definition) is 4. The van der Waals surface area contributed by atoms with E-state index in [-0.39, 0.29) is 13.0 Å². The van der Waals surface area contributed by atoms with Gasteiger partial charge in [0.15, 0.2) is 6.61 Å². The quantitative estimate of drug-likeness (QED) is 0.494. The van der Waals surface area contributed by atoms with Gasteiger partial charge in [0.2, 0.25) is 0 Å².